The molecule has 1 aliphatic rings. The average molecular weight is 543 g/mol. The van der Waals surface area contributed by atoms with Crippen LogP contribution in [0.1, 0.15) is 44.1 Å². The molecule has 11 heteroatoms. The van der Waals surface area contributed by atoms with Crippen molar-refractivity contribution in [3.63, 3.8) is 0 Å². The van der Waals surface area contributed by atoms with Crippen LogP contribution in [-0.4, -0.2) is 67.5 Å². The van der Waals surface area contributed by atoms with Crippen molar-refractivity contribution >= 4 is 15.9 Å². The highest BCUT2D eigenvalue weighted by atomic mass is 32.2. The Balaban J connectivity index is 1.38. The van der Waals surface area contributed by atoms with Gasteiger partial charge in [-0.1, -0.05) is 11.6 Å². The smallest absolute Gasteiger partial charge is 0.246 e. The number of aryl methyl sites for hydroxylation is 1. The van der Waals surface area contributed by atoms with Crippen LogP contribution in [-0.2, 0) is 27.8 Å². The van der Waals surface area contributed by atoms with Gasteiger partial charge in [0.1, 0.15) is 11.5 Å². The van der Waals surface area contributed by atoms with Gasteiger partial charge in [-0.2, -0.15) is 9.29 Å². The monoisotopic (exact) mass is 542 g/mol. The van der Waals surface area contributed by atoms with Crippen molar-refractivity contribution in [1.82, 2.24) is 19.3 Å². The molecule has 0 bridgehead atoms. The first-order valence-corrected chi connectivity index (χ1v) is 14.2. The van der Waals surface area contributed by atoms with E-state index < -0.39 is 10.0 Å². The molecule has 0 saturated carbocycles. The molecule has 10 nitrogen and oxygen atoms in total. The highest BCUT2D eigenvalue weighted by Gasteiger charge is 2.27. The molecule has 1 aliphatic heterocycles. The number of sulfonamides is 1. The van der Waals surface area contributed by atoms with Crippen molar-refractivity contribution in [1.29, 1.82) is 0 Å². The third-order valence-corrected chi connectivity index (χ3v) is 8.40. The fraction of sp³-hybridized carbons (Fsp3) is 0.444. The molecule has 0 radical (unpaired) electrons. The summed E-state index contributed by atoms with van der Waals surface area (Å²) >= 11 is 0. The van der Waals surface area contributed by atoms with Gasteiger partial charge < -0.3 is 18.9 Å². The van der Waals surface area contributed by atoms with Crippen LogP contribution in [0.4, 0.5) is 0 Å². The lowest BCUT2D eigenvalue weighted by molar-refractivity contribution is -0.130. The molecule has 0 atom stereocenters. The number of ether oxygens (including phenoxy) is 2. The standard InChI is InChI=1S/C27H34N4O6S/c1-4-36-22-11-8-20(9-12-22)27-28-25(37-29-27)19-30(2)26(32)15-10-21-18-23(13-14-24(21)35-3)38(33,34)31-16-6-5-7-17-31/h8-9,11-14,18H,4-7,10,15-17,19H2,1-3H3. The Labute approximate surface area is 223 Å². The van der Waals surface area contributed by atoms with Crippen molar-refractivity contribution in [2.45, 2.75) is 50.5 Å². The van der Waals surface area contributed by atoms with Crippen molar-refractivity contribution < 1.29 is 27.2 Å². The molecular weight excluding hydrogens is 508 g/mol. The van der Waals surface area contributed by atoms with E-state index in [-0.39, 0.29) is 23.8 Å². The van der Waals surface area contributed by atoms with E-state index in [1.165, 1.54) is 16.3 Å². The number of amides is 1. The fourth-order valence-electron chi connectivity index (χ4n) is 4.39. The molecule has 1 amide bonds. The molecule has 0 aliphatic carbocycles. The number of rotatable bonds is 11. The second kappa shape index (κ2) is 12.4. The second-order valence-corrected chi connectivity index (χ2v) is 11.1. The van der Waals surface area contributed by atoms with E-state index in [2.05, 4.69) is 10.1 Å². The van der Waals surface area contributed by atoms with Crippen molar-refractivity contribution in [3.05, 3.63) is 53.9 Å². The van der Waals surface area contributed by atoms with Crippen LogP contribution < -0.4 is 9.47 Å². The van der Waals surface area contributed by atoms with E-state index in [1.54, 1.807) is 25.2 Å². The molecular formula is C27H34N4O6S. The van der Waals surface area contributed by atoms with Crippen LogP contribution in [0.3, 0.4) is 0 Å². The topological polar surface area (TPSA) is 115 Å². The summed E-state index contributed by atoms with van der Waals surface area (Å²) in [6, 6.07) is 12.2. The van der Waals surface area contributed by atoms with E-state index >= 15 is 0 Å². The Morgan fingerprint density at radius 1 is 1.11 bits per heavy atom. The minimum absolute atomic E-state index is 0.142. The average Bonchev–Trinajstić information content (AvgIpc) is 3.41. The first kappa shape index (κ1) is 27.6. The Kier molecular flexibility index (Phi) is 9.01. The Morgan fingerprint density at radius 3 is 2.53 bits per heavy atom. The fourth-order valence-corrected chi connectivity index (χ4v) is 5.96. The normalized spacial score (nSPS) is 14.3. The largest absolute Gasteiger partial charge is 0.496 e. The van der Waals surface area contributed by atoms with E-state index in [0.29, 0.717) is 49.1 Å². The van der Waals surface area contributed by atoms with Crippen molar-refractivity contribution in [2.75, 3.05) is 33.9 Å². The van der Waals surface area contributed by atoms with Gasteiger partial charge in [0.2, 0.25) is 27.6 Å². The van der Waals surface area contributed by atoms with Crippen LogP contribution in [0.2, 0.25) is 0 Å². The Bertz CT molecular complexity index is 1330. The molecule has 1 aromatic heterocycles. The van der Waals surface area contributed by atoms with Gasteiger partial charge in [0, 0.05) is 32.1 Å². The zero-order valence-electron chi connectivity index (χ0n) is 22.1. The SMILES string of the molecule is CCOc1ccc(-c2noc(CN(C)C(=O)CCc3cc(S(=O)(=O)N4CCCCC4)ccc3OC)n2)cc1. The predicted molar refractivity (Wildman–Crippen MR) is 141 cm³/mol. The van der Waals surface area contributed by atoms with E-state index in [1.807, 2.05) is 31.2 Å². The van der Waals surface area contributed by atoms with Crippen molar-refractivity contribution in [2.24, 2.45) is 0 Å². The summed E-state index contributed by atoms with van der Waals surface area (Å²) in [6.07, 6.45) is 3.27. The Hall–Kier alpha value is -3.44. The van der Waals surface area contributed by atoms with Gasteiger partial charge >= 0.3 is 0 Å². The number of methoxy groups -OCH3 is 1. The van der Waals surface area contributed by atoms with Crippen LogP contribution in [0.15, 0.2) is 51.9 Å². The van der Waals surface area contributed by atoms with Crippen LogP contribution in [0, 0.1) is 0 Å². The summed E-state index contributed by atoms with van der Waals surface area (Å²) in [5.74, 6) is 1.92. The van der Waals surface area contributed by atoms with Gasteiger partial charge in [0.05, 0.1) is 25.2 Å². The van der Waals surface area contributed by atoms with Gasteiger partial charge in [-0.25, -0.2) is 8.42 Å². The maximum atomic E-state index is 13.1. The van der Waals surface area contributed by atoms with E-state index in [9.17, 15) is 13.2 Å². The van der Waals surface area contributed by atoms with E-state index in [4.69, 9.17) is 14.0 Å². The van der Waals surface area contributed by atoms with Crippen LogP contribution >= 0.6 is 0 Å². The molecule has 204 valence electrons. The quantitative estimate of drug-likeness (QED) is 0.358. The highest BCUT2D eigenvalue weighted by Crippen LogP contribution is 2.27. The van der Waals surface area contributed by atoms with Gasteiger partial charge in [-0.05, 0) is 74.2 Å². The maximum Gasteiger partial charge on any atom is 0.246 e. The van der Waals surface area contributed by atoms with Gasteiger partial charge in [-0.3, -0.25) is 4.79 Å². The lowest BCUT2D eigenvalue weighted by Gasteiger charge is -2.26. The molecule has 1 fully saturated rings. The summed E-state index contributed by atoms with van der Waals surface area (Å²) in [6.45, 7) is 3.73. The predicted octanol–water partition coefficient (Wildman–Crippen LogP) is 3.91. The van der Waals surface area contributed by atoms with Crippen molar-refractivity contribution in [3.8, 4) is 22.9 Å². The third-order valence-electron chi connectivity index (χ3n) is 6.50. The highest BCUT2D eigenvalue weighted by molar-refractivity contribution is 7.89. The minimum Gasteiger partial charge on any atom is -0.496 e. The number of carbonyl (C=O) groups is 1. The zero-order valence-corrected chi connectivity index (χ0v) is 22.9. The van der Waals surface area contributed by atoms with Gasteiger partial charge in [-0.15, -0.1) is 0 Å². The number of hydrogen-bond donors (Lipinski definition) is 0. The van der Waals surface area contributed by atoms with Crippen LogP contribution in [0.5, 0.6) is 11.5 Å². The minimum atomic E-state index is -3.58. The number of piperidine rings is 1. The first-order chi connectivity index (χ1) is 18.3. The molecule has 4 rings (SSSR count). The number of benzene rings is 2. The lowest BCUT2D eigenvalue weighted by atomic mass is 10.1. The number of aromatic nitrogens is 2. The van der Waals surface area contributed by atoms with Gasteiger partial charge in [0.25, 0.3) is 0 Å². The first-order valence-electron chi connectivity index (χ1n) is 12.8. The molecule has 38 heavy (non-hydrogen) atoms. The number of hydrogen-bond acceptors (Lipinski definition) is 8. The summed E-state index contributed by atoms with van der Waals surface area (Å²) in [5, 5.41) is 4.02. The Morgan fingerprint density at radius 2 is 1.84 bits per heavy atom. The molecule has 2 aromatic carbocycles. The summed E-state index contributed by atoms with van der Waals surface area (Å²) in [4.78, 5) is 19.0. The molecule has 0 N–H and O–H groups in total. The molecule has 1 saturated heterocycles. The molecule has 3 aromatic rings. The second-order valence-electron chi connectivity index (χ2n) is 9.16. The lowest BCUT2D eigenvalue weighted by Crippen LogP contribution is -2.35. The molecule has 2 heterocycles. The van der Waals surface area contributed by atoms with Gasteiger partial charge in [0.15, 0.2) is 0 Å². The maximum absolute atomic E-state index is 13.1. The van der Waals surface area contributed by atoms with E-state index in [0.717, 1.165) is 30.6 Å². The summed E-state index contributed by atoms with van der Waals surface area (Å²) < 4.78 is 44.0. The third kappa shape index (κ3) is 6.51. The van der Waals surface area contributed by atoms with Crippen LogP contribution in [0.25, 0.3) is 11.4 Å². The molecule has 0 spiro atoms. The number of carbonyl (C=O) groups excluding carboxylic acids is 1. The molecule has 0 unspecified atom stereocenters. The summed E-state index contributed by atoms with van der Waals surface area (Å²) in [7, 11) is -0.388. The summed E-state index contributed by atoms with van der Waals surface area (Å²) in [5.41, 5.74) is 1.45. The number of nitrogens with zero attached hydrogens (tertiary/aromatic N) is 4. The zero-order chi connectivity index (χ0) is 27.1.